The summed E-state index contributed by atoms with van der Waals surface area (Å²) in [6, 6.07) is 7.89. The van der Waals surface area contributed by atoms with E-state index in [9.17, 15) is 0 Å². The van der Waals surface area contributed by atoms with Gasteiger partial charge in [-0.1, -0.05) is 23.7 Å². The van der Waals surface area contributed by atoms with E-state index in [0.717, 1.165) is 49.1 Å². The van der Waals surface area contributed by atoms with E-state index in [1.165, 1.54) is 5.56 Å². The zero-order valence-corrected chi connectivity index (χ0v) is 12.0. The summed E-state index contributed by atoms with van der Waals surface area (Å²) in [6.45, 7) is 3.93. The van der Waals surface area contributed by atoms with E-state index in [-0.39, 0.29) is 0 Å². The SMILES string of the molecule is Clc1ccc(Cc2cnc(N3CCNCC3)nc2)cc1. The Hall–Kier alpha value is -1.65. The first-order valence-electron chi connectivity index (χ1n) is 6.82. The Balaban J connectivity index is 1.67. The molecule has 1 aromatic carbocycles. The molecule has 0 unspecified atom stereocenters. The fraction of sp³-hybridized carbons (Fsp3) is 0.333. The smallest absolute Gasteiger partial charge is 0.225 e. The fourth-order valence-corrected chi connectivity index (χ4v) is 2.43. The summed E-state index contributed by atoms with van der Waals surface area (Å²) >= 11 is 5.89. The summed E-state index contributed by atoms with van der Waals surface area (Å²) in [5.41, 5.74) is 2.33. The topological polar surface area (TPSA) is 41.1 Å². The third kappa shape index (κ3) is 3.26. The molecule has 1 N–H and O–H groups in total. The van der Waals surface area contributed by atoms with Gasteiger partial charge in [0.25, 0.3) is 0 Å². The molecule has 20 heavy (non-hydrogen) atoms. The van der Waals surface area contributed by atoms with E-state index < -0.39 is 0 Å². The zero-order chi connectivity index (χ0) is 13.8. The first-order chi connectivity index (χ1) is 9.81. The van der Waals surface area contributed by atoms with Gasteiger partial charge in [0.15, 0.2) is 0 Å². The summed E-state index contributed by atoms with van der Waals surface area (Å²) in [7, 11) is 0. The number of hydrogen-bond donors (Lipinski definition) is 1. The van der Waals surface area contributed by atoms with Crippen molar-refractivity contribution in [2.45, 2.75) is 6.42 Å². The number of rotatable bonds is 3. The molecule has 0 saturated carbocycles. The molecule has 0 spiro atoms. The zero-order valence-electron chi connectivity index (χ0n) is 11.2. The lowest BCUT2D eigenvalue weighted by Crippen LogP contribution is -2.44. The molecule has 2 heterocycles. The summed E-state index contributed by atoms with van der Waals surface area (Å²) in [5.74, 6) is 0.825. The van der Waals surface area contributed by atoms with Gasteiger partial charge in [-0.3, -0.25) is 0 Å². The molecule has 1 fully saturated rings. The Morgan fingerprint density at radius 2 is 1.65 bits per heavy atom. The van der Waals surface area contributed by atoms with Crippen LogP contribution in [-0.4, -0.2) is 36.1 Å². The van der Waals surface area contributed by atoms with Gasteiger partial charge in [-0.15, -0.1) is 0 Å². The van der Waals surface area contributed by atoms with E-state index in [1.807, 2.05) is 36.7 Å². The lowest BCUT2D eigenvalue weighted by Gasteiger charge is -2.27. The van der Waals surface area contributed by atoms with Crippen molar-refractivity contribution in [2.75, 3.05) is 31.1 Å². The van der Waals surface area contributed by atoms with Crippen molar-refractivity contribution in [3.8, 4) is 0 Å². The Bertz CT molecular complexity index is 547. The van der Waals surface area contributed by atoms with Crippen LogP contribution >= 0.6 is 11.6 Å². The van der Waals surface area contributed by atoms with Gasteiger partial charge in [0.2, 0.25) is 5.95 Å². The second-order valence-corrected chi connectivity index (χ2v) is 5.37. The molecule has 0 aliphatic carbocycles. The molecular weight excluding hydrogens is 272 g/mol. The van der Waals surface area contributed by atoms with Gasteiger partial charge in [0, 0.05) is 50.0 Å². The Morgan fingerprint density at radius 3 is 2.30 bits per heavy atom. The lowest BCUT2D eigenvalue weighted by molar-refractivity contribution is 0.579. The van der Waals surface area contributed by atoms with Gasteiger partial charge < -0.3 is 10.2 Å². The third-order valence-corrected chi connectivity index (χ3v) is 3.67. The van der Waals surface area contributed by atoms with Gasteiger partial charge in [-0.05, 0) is 23.3 Å². The number of aromatic nitrogens is 2. The van der Waals surface area contributed by atoms with Gasteiger partial charge in [0.1, 0.15) is 0 Å². The minimum Gasteiger partial charge on any atom is -0.338 e. The number of nitrogens with zero attached hydrogens (tertiary/aromatic N) is 3. The monoisotopic (exact) mass is 288 g/mol. The standard InChI is InChI=1S/C15H17ClN4/c16-14-3-1-12(2-4-14)9-13-10-18-15(19-11-13)20-7-5-17-6-8-20/h1-4,10-11,17H,5-9H2. The molecule has 1 aliphatic heterocycles. The second-order valence-electron chi connectivity index (χ2n) is 4.93. The van der Waals surface area contributed by atoms with Crippen LogP contribution in [0.3, 0.4) is 0 Å². The molecule has 1 aromatic heterocycles. The molecule has 4 nitrogen and oxygen atoms in total. The van der Waals surface area contributed by atoms with Crippen LogP contribution in [0.1, 0.15) is 11.1 Å². The molecule has 0 amide bonds. The highest BCUT2D eigenvalue weighted by molar-refractivity contribution is 6.30. The predicted octanol–water partition coefficient (Wildman–Crippen LogP) is 2.13. The largest absolute Gasteiger partial charge is 0.338 e. The normalized spacial score (nSPS) is 15.3. The Labute approximate surface area is 123 Å². The minimum absolute atomic E-state index is 0.763. The highest BCUT2D eigenvalue weighted by atomic mass is 35.5. The van der Waals surface area contributed by atoms with E-state index >= 15 is 0 Å². The maximum Gasteiger partial charge on any atom is 0.225 e. The first-order valence-corrected chi connectivity index (χ1v) is 7.20. The van der Waals surface area contributed by atoms with Crippen LogP contribution in [0, 0.1) is 0 Å². The molecular formula is C15H17ClN4. The summed E-state index contributed by atoms with van der Waals surface area (Å²) in [6.07, 6.45) is 4.66. The number of benzene rings is 1. The van der Waals surface area contributed by atoms with Crippen molar-refractivity contribution < 1.29 is 0 Å². The van der Waals surface area contributed by atoms with Crippen molar-refractivity contribution in [3.05, 3.63) is 52.8 Å². The molecule has 0 bridgehead atoms. The number of nitrogens with one attached hydrogen (secondary N) is 1. The quantitative estimate of drug-likeness (QED) is 0.939. The number of piperazine rings is 1. The molecule has 1 aliphatic rings. The Morgan fingerprint density at radius 1 is 1.00 bits per heavy atom. The van der Waals surface area contributed by atoms with Gasteiger partial charge >= 0.3 is 0 Å². The van der Waals surface area contributed by atoms with Crippen LogP contribution in [0.15, 0.2) is 36.7 Å². The average Bonchev–Trinajstić information content (AvgIpc) is 2.51. The van der Waals surface area contributed by atoms with Crippen LogP contribution < -0.4 is 10.2 Å². The summed E-state index contributed by atoms with van der Waals surface area (Å²) in [4.78, 5) is 11.2. The second kappa shape index (κ2) is 6.20. The van der Waals surface area contributed by atoms with Crippen molar-refractivity contribution in [3.63, 3.8) is 0 Å². The molecule has 5 heteroatoms. The Kier molecular flexibility index (Phi) is 4.14. The van der Waals surface area contributed by atoms with Crippen LogP contribution in [0.4, 0.5) is 5.95 Å². The van der Waals surface area contributed by atoms with E-state index in [2.05, 4.69) is 20.2 Å². The predicted molar refractivity (Wildman–Crippen MR) is 81.4 cm³/mol. The maximum atomic E-state index is 5.89. The van der Waals surface area contributed by atoms with E-state index in [1.54, 1.807) is 0 Å². The van der Waals surface area contributed by atoms with Crippen molar-refractivity contribution in [1.82, 2.24) is 15.3 Å². The highest BCUT2D eigenvalue weighted by Crippen LogP contribution is 2.14. The minimum atomic E-state index is 0.763. The van der Waals surface area contributed by atoms with Gasteiger partial charge in [-0.25, -0.2) is 9.97 Å². The fourth-order valence-electron chi connectivity index (χ4n) is 2.31. The molecule has 0 atom stereocenters. The third-order valence-electron chi connectivity index (χ3n) is 3.41. The molecule has 3 rings (SSSR count). The van der Waals surface area contributed by atoms with E-state index in [0.29, 0.717) is 0 Å². The molecule has 1 saturated heterocycles. The molecule has 2 aromatic rings. The number of hydrogen-bond acceptors (Lipinski definition) is 4. The van der Waals surface area contributed by atoms with Crippen LogP contribution in [0.25, 0.3) is 0 Å². The average molecular weight is 289 g/mol. The summed E-state index contributed by atoms with van der Waals surface area (Å²) < 4.78 is 0. The van der Waals surface area contributed by atoms with Crippen LogP contribution in [-0.2, 0) is 6.42 Å². The van der Waals surface area contributed by atoms with Crippen LogP contribution in [0.2, 0.25) is 5.02 Å². The number of halogens is 1. The van der Waals surface area contributed by atoms with Crippen LogP contribution in [0.5, 0.6) is 0 Å². The van der Waals surface area contributed by atoms with Crippen molar-refractivity contribution in [1.29, 1.82) is 0 Å². The highest BCUT2D eigenvalue weighted by Gasteiger charge is 2.12. The molecule has 0 radical (unpaired) electrons. The lowest BCUT2D eigenvalue weighted by atomic mass is 10.1. The van der Waals surface area contributed by atoms with Crippen molar-refractivity contribution >= 4 is 17.5 Å². The number of anilines is 1. The summed E-state index contributed by atoms with van der Waals surface area (Å²) in [5, 5.41) is 4.09. The van der Waals surface area contributed by atoms with Gasteiger partial charge in [-0.2, -0.15) is 0 Å². The van der Waals surface area contributed by atoms with Crippen molar-refractivity contribution in [2.24, 2.45) is 0 Å². The maximum absolute atomic E-state index is 5.89. The first kappa shape index (κ1) is 13.3. The van der Waals surface area contributed by atoms with Gasteiger partial charge in [0.05, 0.1) is 0 Å². The van der Waals surface area contributed by atoms with E-state index in [4.69, 9.17) is 11.6 Å². The molecule has 104 valence electrons.